The molecule has 15 heavy (non-hydrogen) atoms. The van der Waals surface area contributed by atoms with E-state index in [4.69, 9.17) is 0 Å². The highest BCUT2D eigenvalue weighted by atomic mass is 32.2. The molecule has 1 N–H and O–H groups in total. The molecule has 0 saturated carbocycles. The van der Waals surface area contributed by atoms with Crippen LogP contribution in [-0.4, -0.2) is 19.5 Å². The van der Waals surface area contributed by atoms with Crippen LogP contribution in [-0.2, 0) is 17.5 Å². The van der Waals surface area contributed by atoms with Crippen molar-refractivity contribution in [2.24, 2.45) is 0 Å². The maximum Gasteiger partial charge on any atom is 0.0454 e. The van der Waals surface area contributed by atoms with Gasteiger partial charge in [0, 0.05) is 17.5 Å². The zero-order valence-corrected chi connectivity index (χ0v) is 9.05. The molecule has 3 nitrogen and oxygen atoms in total. The minimum Gasteiger partial charge on any atom is -0.772 e. The Labute approximate surface area is 90.8 Å². The van der Waals surface area contributed by atoms with Crippen LogP contribution in [0.4, 0.5) is 0 Å². The van der Waals surface area contributed by atoms with E-state index in [0.29, 0.717) is 6.42 Å². The van der Waals surface area contributed by atoms with Crippen LogP contribution in [0.5, 0.6) is 0 Å². The molecule has 0 saturated heterocycles. The third-order valence-electron chi connectivity index (χ3n) is 2.39. The Morgan fingerprint density at radius 2 is 2.20 bits per heavy atom. The lowest BCUT2D eigenvalue weighted by molar-refractivity contribution is 0.535. The van der Waals surface area contributed by atoms with E-state index in [0.717, 1.165) is 11.9 Å². The fourth-order valence-corrected chi connectivity index (χ4v) is 2.03. The lowest BCUT2D eigenvalue weighted by atomic mass is 10.1. The molecule has 1 atom stereocenters. The van der Waals surface area contributed by atoms with Crippen molar-refractivity contribution in [3.63, 3.8) is 0 Å². The summed E-state index contributed by atoms with van der Waals surface area (Å²) in [5.74, 6) is 0.241. The largest absolute Gasteiger partial charge is 0.772 e. The van der Waals surface area contributed by atoms with Gasteiger partial charge in [-0.1, -0.05) is 17.1 Å². The summed E-state index contributed by atoms with van der Waals surface area (Å²) in [7, 11) is 0. The normalized spacial score (nSPS) is 13.1. The Kier molecular flexibility index (Phi) is 3.18. The van der Waals surface area contributed by atoms with Crippen molar-refractivity contribution < 1.29 is 8.76 Å². The highest BCUT2D eigenvalue weighted by Crippen LogP contribution is 2.15. The fraction of sp³-hybridized carbons (Fsp3) is 0.273. The van der Waals surface area contributed by atoms with E-state index in [1.54, 1.807) is 0 Å². The molecule has 0 bridgehead atoms. The lowest BCUT2D eigenvalue weighted by Crippen LogP contribution is -1.97. The zero-order valence-electron chi connectivity index (χ0n) is 8.23. The molecular formula is C11H12NO2S-. The van der Waals surface area contributed by atoms with E-state index >= 15 is 0 Å². The number of nitrogens with one attached hydrogen (secondary N) is 1. The summed E-state index contributed by atoms with van der Waals surface area (Å²) in [5, 5.41) is 1.18. The maximum absolute atomic E-state index is 10.4. The molecule has 2 rings (SSSR count). The molecule has 4 heteroatoms. The maximum atomic E-state index is 10.4. The highest BCUT2D eigenvalue weighted by molar-refractivity contribution is 7.79. The van der Waals surface area contributed by atoms with Crippen LogP contribution in [0.1, 0.15) is 12.0 Å². The summed E-state index contributed by atoms with van der Waals surface area (Å²) in [6.07, 6.45) is 3.41. The Morgan fingerprint density at radius 3 is 3.00 bits per heavy atom. The average molecular weight is 222 g/mol. The zero-order chi connectivity index (χ0) is 10.7. The Morgan fingerprint density at radius 1 is 1.33 bits per heavy atom. The average Bonchev–Trinajstić information content (AvgIpc) is 2.64. The second-order valence-corrected chi connectivity index (χ2v) is 4.53. The predicted molar refractivity (Wildman–Crippen MR) is 60.4 cm³/mol. The summed E-state index contributed by atoms with van der Waals surface area (Å²) < 4.78 is 20.7. The van der Waals surface area contributed by atoms with Crippen LogP contribution >= 0.6 is 0 Å². The van der Waals surface area contributed by atoms with E-state index < -0.39 is 11.1 Å². The van der Waals surface area contributed by atoms with Gasteiger partial charge in [0.25, 0.3) is 0 Å². The highest BCUT2D eigenvalue weighted by Gasteiger charge is 1.97. The Hall–Kier alpha value is -1.13. The fourth-order valence-electron chi connectivity index (χ4n) is 1.65. The Bertz CT molecular complexity index is 478. The lowest BCUT2D eigenvalue weighted by Gasteiger charge is -2.04. The molecule has 80 valence electrons. The van der Waals surface area contributed by atoms with Gasteiger partial charge in [-0.15, -0.1) is 0 Å². The first kappa shape index (κ1) is 10.4. The summed E-state index contributed by atoms with van der Waals surface area (Å²) in [4.78, 5) is 3.12. The number of rotatable bonds is 4. The number of hydrogen-bond acceptors (Lipinski definition) is 2. The number of benzene rings is 1. The van der Waals surface area contributed by atoms with Gasteiger partial charge in [0.15, 0.2) is 0 Å². The van der Waals surface area contributed by atoms with Gasteiger partial charge in [0.05, 0.1) is 0 Å². The molecule has 0 aliphatic rings. The van der Waals surface area contributed by atoms with Crippen LogP contribution < -0.4 is 0 Å². The van der Waals surface area contributed by atoms with E-state index in [1.165, 1.54) is 10.9 Å². The van der Waals surface area contributed by atoms with Crippen molar-refractivity contribution in [3.8, 4) is 0 Å². The molecule has 2 aromatic rings. The van der Waals surface area contributed by atoms with Crippen molar-refractivity contribution >= 4 is 22.0 Å². The van der Waals surface area contributed by atoms with Crippen molar-refractivity contribution in [1.29, 1.82) is 0 Å². The van der Waals surface area contributed by atoms with Crippen LogP contribution in [0.15, 0.2) is 30.5 Å². The topological polar surface area (TPSA) is 55.9 Å². The second kappa shape index (κ2) is 4.59. The standard InChI is InChI=1S/C11H13NO2S/c13-15(14)7-1-2-9-3-4-11-10(8-9)5-6-12-11/h3-6,8,12H,1-2,7H2,(H,13,14)/p-1. The van der Waals surface area contributed by atoms with E-state index in [-0.39, 0.29) is 5.75 Å². The van der Waals surface area contributed by atoms with Gasteiger partial charge < -0.3 is 9.54 Å². The third kappa shape index (κ3) is 2.67. The third-order valence-corrected chi connectivity index (χ3v) is 3.02. The molecule has 1 aromatic carbocycles. The molecule has 0 aliphatic heterocycles. The molecule has 0 amide bonds. The first-order valence-corrected chi connectivity index (χ1v) is 6.12. The molecule has 0 radical (unpaired) electrons. The SMILES string of the molecule is O=S([O-])CCCc1ccc2[nH]ccc2c1. The van der Waals surface area contributed by atoms with Crippen molar-refractivity contribution in [2.45, 2.75) is 12.8 Å². The van der Waals surface area contributed by atoms with E-state index in [2.05, 4.69) is 11.1 Å². The first-order valence-electron chi connectivity index (χ1n) is 4.87. The number of aryl methyl sites for hydroxylation is 1. The van der Waals surface area contributed by atoms with Crippen molar-refractivity contribution in [2.75, 3.05) is 5.75 Å². The number of hydrogen-bond donors (Lipinski definition) is 1. The summed E-state index contributed by atoms with van der Waals surface area (Å²) in [6, 6.07) is 8.18. The van der Waals surface area contributed by atoms with Gasteiger partial charge in [0.2, 0.25) is 0 Å². The molecular weight excluding hydrogens is 210 g/mol. The second-order valence-electron chi connectivity index (χ2n) is 3.51. The number of fused-ring (bicyclic) bond motifs is 1. The van der Waals surface area contributed by atoms with Crippen LogP contribution in [0.3, 0.4) is 0 Å². The summed E-state index contributed by atoms with van der Waals surface area (Å²) in [5.41, 5.74) is 2.30. The van der Waals surface area contributed by atoms with Gasteiger partial charge in [0.1, 0.15) is 0 Å². The minimum atomic E-state index is -1.91. The van der Waals surface area contributed by atoms with Crippen LogP contribution in [0.2, 0.25) is 0 Å². The number of aromatic amines is 1. The smallest absolute Gasteiger partial charge is 0.0454 e. The molecule has 0 aliphatic carbocycles. The van der Waals surface area contributed by atoms with Crippen LogP contribution in [0, 0.1) is 0 Å². The van der Waals surface area contributed by atoms with Gasteiger partial charge >= 0.3 is 0 Å². The van der Waals surface area contributed by atoms with Gasteiger partial charge in [-0.2, -0.15) is 0 Å². The molecule has 0 spiro atoms. The molecule has 1 unspecified atom stereocenters. The molecule has 0 fully saturated rings. The molecule has 1 heterocycles. The van der Waals surface area contributed by atoms with Gasteiger partial charge in [-0.05, 0) is 42.0 Å². The summed E-state index contributed by atoms with van der Waals surface area (Å²) >= 11 is -1.91. The van der Waals surface area contributed by atoms with Crippen molar-refractivity contribution in [1.82, 2.24) is 4.98 Å². The van der Waals surface area contributed by atoms with Gasteiger partial charge in [-0.25, -0.2) is 0 Å². The monoisotopic (exact) mass is 222 g/mol. The van der Waals surface area contributed by atoms with Crippen molar-refractivity contribution in [3.05, 3.63) is 36.0 Å². The van der Waals surface area contributed by atoms with E-state index in [1.807, 2.05) is 24.4 Å². The quantitative estimate of drug-likeness (QED) is 0.804. The number of aromatic nitrogens is 1. The summed E-state index contributed by atoms with van der Waals surface area (Å²) in [6.45, 7) is 0. The van der Waals surface area contributed by atoms with E-state index in [9.17, 15) is 8.76 Å². The number of H-pyrrole nitrogens is 1. The predicted octanol–water partition coefficient (Wildman–Crippen LogP) is 1.98. The Balaban J connectivity index is 2.04. The van der Waals surface area contributed by atoms with Crippen LogP contribution in [0.25, 0.3) is 10.9 Å². The minimum absolute atomic E-state index is 0.241. The molecule has 1 aromatic heterocycles. The van der Waals surface area contributed by atoms with Gasteiger partial charge in [-0.3, -0.25) is 4.21 Å². The first-order chi connectivity index (χ1) is 7.25.